The van der Waals surface area contributed by atoms with Gasteiger partial charge in [-0.25, -0.2) is 0 Å². The molecule has 0 N–H and O–H groups in total. The maximum Gasteiger partial charge on any atom is 0.417 e. The predicted octanol–water partition coefficient (Wildman–Crippen LogP) is 4.34. The standard InChI is InChI=1S/C13H10BrF3O2/c14-11-4-3-8(6-10(11)13(15,16)17)12(18)9-2-1-5-19-7-9/h3-4,6-7H,1-2,5H2. The van der Waals surface area contributed by atoms with Gasteiger partial charge >= 0.3 is 6.18 Å². The van der Waals surface area contributed by atoms with Gasteiger partial charge in [-0.1, -0.05) is 15.9 Å². The van der Waals surface area contributed by atoms with Crippen molar-refractivity contribution in [1.29, 1.82) is 0 Å². The Morgan fingerprint density at radius 3 is 2.63 bits per heavy atom. The van der Waals surface area contributed by atoms with Gasteiger partial charge in [0, 0.05) is 15.6 Å². The highest BCUT2D eigenvalue weighted by Crippen LogP contribution is 2.35. The Kier molecular flexibility index (Phi) is 3.99. The lowest BCUT2D eigenvalue weighted by Crippen LogP contribution is -2.12. The molecule has 1 aromatic rings. The first-order valence-corrected chi connectivity index (χ1v) is 6.41. The van der Waals surface area contributed by atoms with Crippen molar-refractivity contribution in [2.24, 2.45) is 0 Å². The van der Waals surface area contributed by atoms with Crippen LogP contribution in [0.25, 0.3) is 0 Å². The molecule has 0 spiro atoms. The van der Waals surface area contributed by atoms with E-state index < -0.39 is 17.5 Å². The quantitative estimate of drug-likeness (QED) is 0.752. The number of carbonyl (C=O) groups is 1. The van der Waals surface area contributed by atoms with Crippen LogP contribution in [0, 0.1) is 0 Å². The van der Waals surface area contributed by atoms with E-state index in [1.807, 2.05) is 0 Å². The van der Waals surface area contributed by atoms with Crippen molar-refractivity contribution in [3.8, 4) is 0 Å². The fraction of sp³-hybridized carbons (Fsp3) is 0.308. The molecule has 0 aliphatic carbocycles. The summed E-state index contributed by atoms with van der Waals surface area (Å²) in [6.45, 7) is 0.533. The second-order valence-corrected chi connectivity index (χ2v) is 4.99. The topological polar surface area (TPSA) is 26.3 Å². The number of benzene rings is 1. The summed E-state index contributed by atoms with van der Waals surface area (Å²) < 4.78 is 43.2. The van der Waals surface area contributed by atoms with Crippen molar-refractivity contribution in [2.75, 3.05) is 6.61 Å². The zero-order chi connectivity index (χ0) is 14.0. The van der Waals surface area contributed by atoms with Crippen molar-refractivity contribution in [1.82, 2.24) is 0 Å². The molecule has 19 heavy (non-hydrogen) atoms. The number of allylic oxidation sites excluding steroid dienone is 1. The Bertz CT molecular complexity index is 535. The maximum absolute atomic E-state index is 12.8. The summed E-state index contributed by atoms with van der Waals surface area (Å²) in [4.78, 5) is 12.1. The second kappa shape index (κ2) is 5.36. The van der Waals surface area contributed by atoms with E-state index in [0.29, 0.717) is 25.0 Å². The fourth-order valence-electron chi connectivity index (χ4n) is 1.80. The van der Waals surface area contributed by atoms with Crippen molar-refractivity contribution in [3.05, 3.63) is 45.6 Å². The largest absolute Gasteiger partial charge is 0.501 e. The lowest BCUT2D eigenvalue weighted by molar-refractivity contribution is -0.138. The molecule has 0 amide bonds. The van der Waals surface area contributed by atoms with Gasteiger partial charge in [-0.3, -0.25) is 4.79 Å². The molecule has 0 atom stereocenters. The van der Waals surface area contributed by atoms with Crippen LogP contribution < -0.4 is 0 Å². The molecule has 2 rings (SSSR count). The van der Waals surface area contributed by atoms with Gasteiger partial charge in [0.2, 0.25) is 0 Å². The SMILES string of the molecule is O=C(C1=COCCC1)c1ccc(Br)c(C(F)(F)F)c1. The molecule has 0 unspecified atom stereocenters. The highest BCUT2D eigenvalue weighted by Gasteiger charge is 2.33. The summed E-state index contributed by atoms with van der Waals surface area (Å²) in [7, 11) is 0. The molecule has 102 valence electrons. The van der Waals surface area contributed by atoms with E-state index in [9.17, 15) is 18.0 Å². The minimum Gasteiger partial charge on any atom is -0.501 e. The number of halogens is 4. The summed E-state index contributed by atoms with van der Waals surface area (Å²) in [5.41, 5.74) is -0.426. The number of rotatable bonds is 2. The van der Waals surface area contributed by atoms with E-state index >= 15 is 0 Å². The predicted molar refractivity (Wildman–Crippen MR) is 66.7 cm³/mol. The molecule has 0 fully saturated rings. The van der Waals surface area contributed by atoms with Gasteiger partial charge in [0.25, 0.3) is 0 Å². The first kappa shape index (κ1) is 14.1. The van der Waals surface area contributed by atoms with Gasteiger partial charge in [-0.2, -0.15) is 13.2 Å². The number of hydrogen-bond acceptors (Lipinski definition) is 2. The Morgan fingerprint density at radius 2 is 2.05 bits per heavy atom. The number of alkyl halides is 3. The van der Waals surface area contributed by atoms with Crippen molar-refractivity contribution < 1.29 is 22.7 Å². The maximum atomic E-state index is 12.8. The molecule has 0 bridgehead atoms. The van der Waals surface area contributed by atoms with E-state index in [1.54, 1.807) is 0 Å². The third-order valence-electron chi connectivity index (χ3n) is 2.76. The summed E-state index contributed by atoms with van der Waals surface area (Å²) in [6, 6.07) is 3.47. The molecule has 0 saturated heterocycles. The normalized spacial score (nSPS) is 15.7. The molecule has 1 aliphatic heterocycles. The van der Waals surface area contributed by atoms with Crippen LogP contribution in [0.15, 0.2) is 34.5 Å². The van der Waals surface area contributed by atoms with Crippen LogP contribution in [0.1, 0.15) is 28.8 Å². The van der Waals surface area contributed by atoms with Crippen LogP contribution in [0.5, 0.6) is 0 Å². The highest BCUT2D eigenvalue weighted by atomic mass is 79.9. The number of hydrogen-bond donors (Lipinski definition) is 0. The zero-order valence-electron chi connectivity index (χ0n) is 9.76. The number of Topliss-reactive ketones (excluding diaryl/α,β-unsaturated/α-hetero) is 1. The fourth-order valence-corrected chi connectivity index (χ4v) is 2.27. The molecule has 0 radical (unpaired) electrons. The molecule has 2 nitrogen and oxygen atoms in total. The van der Waals surface area contributed by atoms with Gasteiger partial charge < -0.3 is 4.74 Å². The van der Waals surface area contributed by atoms with Crippen LogP contribution in [0.3, 0.4) is 0 Å². The van der Waals surface area contributed by atoms with Crippen LogP contribution in [-0.2, 0) is 10.9 Å². The second-order valence-electron chi connectivity index (χ2n) is 4.14. The monoisotopic (exact) mass is 334 g/mol. The van der Waals surface area contributed by atoms with Gasteiger partial charge in [0.05, 0.1) is 18.4 Å². The number of ketones is 1. The van der Waals surface area contributed by atoms with E-state index in [-0.39, 0.29) is 10.0 Å². The lowest BCUT2D eigenvalue weighted by atomic mass is 9.98. The summed E-state index contributed by atoms with van der Waals surface area (Å²) in [5.74, 6) is -0.419. The Morgan fingerprint density at radius 1 is 1.32 bits per heavy atom. The van der Waals surface area contributed by atoms with Crippen molar-refractivity contribution in [2.45, 2.75) is 19.0 Å². The Balaban J connectivity index is 2.36. The number of ether oxygens (including phenoxy) is 1. The van der Waals surface area contributed by atoms with Crippen LogP contribution in [0.4, 0.5) is 13.2 Å². The van der Waals surface area contributed by atoms with E-state index in [0.717, 1.165) is 6.07 Å². The van der Waals surface area contributed by atoms with Gasteiger partial charge in [0.15, 0.2) is 5.78 Å². The van der Waals surface area contributed by atoms with Crippen LogP contribution in [-0.4, -0.2) is 12.4 Å². The molecule has 0 aromatic heterocycles. The molecule has 1 aliphatic rings. The third-order valence-corrected chi connectivity index (χ3v) is 3.45. The zero-order valence-corrected chi connectivity index (χ0v) is 11.3. The van der Waals surface area contributed by atoms with E-state index in [2.05, 4.69) is 15.9 Å². The first-order chi connectivity index (χ1) is 8.89. The minimum absolute atomic E-state index is 0.0206. The van der Waals surface area contributed by atoms with Gasteiger partial charge in [-0.05, 0) is 31.0 Å². The van der Waals surface area contributed by atoms with Crippen LogP contribution >= 0.6 is 15.9 Å². The van der Waals surface area contributed by atoms with E-state index in [1.165, 1.54) is 18.4 Å². The van der Waals surface area contributed by atoms with Crippen LogP contribution in [0.2, 0.25) is 0 Å². The smallest absolute Gasteiger partial charge is 0.417 e. The average molecular weight is 335 g/mol. The highest BCUT2D eigenvalue weighted by molar-refractivity contribution is 9.10. The molecule has 0 saturated carbocycles. The average Bonchev–Trinajstić information content (AvgIpc) is 2.38. The molecular weight excluding hydrogens is 325 g/mol. The molecule has 1 aromatic carbocycles. The molecular formula is C13H10BrF3O2. The minimum atomic E-state index is -4.49. The van der Waals surface area contributed by atoms with Gasteiger partial charge in [-0.15, -0.1) is 0 Å². The van der Waals surface area contributed by atoms with Crippen molar-refractivity contribution >= 4 is 21.7 Å². The van der Waals surface area contributed by atoms with E-state index in [4.69, 9.17) is 4.74 Å². The summed E-state index contributed by atoms with van der Waals surface area (Å²) >= 11 is 2.84. The Hall–Kier alpha value is -1.30. The van der Waals surface area contributed by atoms with Crippen molar-refractivity contribution in [3.63, 3.8) is 0 Å². The lowest BCUT2D eigenvalue weighted by Gasteiger charge is -2.14. The Labute approximate surface area is 116 Å². The molecule has 1 heterocycles. The molecule has 6 heteroatoms. The summed E-state index contributed by atoms with van der Waals surface area (Å²) in [6.07, 6.45) is -1.94. The number of carbonyl (C=O) groups excluding carboxylic acids is 1. The third kappa shape index (κ3) is 3.18. The summed E-state index contributed by atoms with van der Waals surface area (Å²) in [5, 5.41) is 0. The first-order valence-electron chi connectivity index (χ1n) is 5.61. The van der Waals surface area contributed by atoms with Gasteiger partial charge in [0.1, 0.15) is 0 Å².